The molecule has 0 bridgehead atoms. The lowest BCUT2D eigenvalue weighted by Crippen LogP contribution is -2.46. The molecular weight excluding hydrogens is 366 g/mol. The second kappa shape index (κ2) is 8.43. The molecule has 2 N–H and O–H groups in total. The number of nitrogens with one attached hydrogen (secondary N) is 2. The van der Waals surface area contributed by atoms with Crippen molar-refractivity contribution in [3.05, 3.63) is 42.6 Å². The molecule has 1 saturated heterocycles. The van der Waals surface area contributed by atoms with Crippen LogP contribution in [0.1, 0.15) is 12.8 Å². The molecule has 0 saturated carbocycles. The van der Waals surface area contributed by atoms with E-state index in [0.29, 0.717) is 18.9 Å². The van der Waals surface area contributed by atoms with Gasteiger partial charge in [0.2, 0.25) is 0 Å². The first-order chi connectivity index (χ1) is 12.9. The quantitative estimate of drug-likeness (QED) is 0.785. The zero-order valence-corrected chi connectivity index (χ0v) is 16.2. The Balaban J connectivity index is 1.52. The van der Waals surface area contributed by atoms with Crippen molar-refractivity contribution in [2.24, 2.45) is 0 Å². The third kappa shape index (κ3) is 5.99. The summed E-state index contributed by atoms with van der Waals surface area (Å²) in [4.78, 5) is 14.3. The van der Waals surface area contributed by atoms with E-state index in [1.165, 1.54) is 10.9 Å². The number of piperidine rings is 1. The number of nitrogens with zero attached hydrogens (tertiary/aromatic N) is 3. The molecule has 1 aromatic heterocycles. The molecule has 8 nitrogen and oxygen atoms in total. The molecule has 1 aromatic carbocycles. The highest BCUT2D eigenvalue weighted by Crippen LogP contribution is 2.17. The molecule has 9 heteroatoms. The third-order valence-corrected chi connectivity index (χ3v) is 5.34. The van der Waals surface area contributed by atoms with Crippen LogP contribution in [0.25, 0.3) is 0 Å². The Morgan fingerprint density at radius 2 is 2.04 bits per heavy atom. The number of carbonyl (C=O) groups is 1. The van der Waals surface area contributed by atoms with Crippen molar-refractivity contribution in [2.75, 3.05) is 35.7 Å². The van der Waals surface area contributed by atoms with Crippen molar-refractivity contribution in [1.29, 1.82) is 0 Å². The van der Waals surface area contributed by atoms with Crippen LogP contribution in [0.3, 0.4) is 0 Å². The number of urea groups is 1. The minimum atomic E-state index is -3.05. The van der Waals surface area contributed by atoms with Gasteiger partial charge in [0.05, 0.1) is 12.3 Å². The number of anilines is 2. The zero-order chi connectivity index (χ0) is 19.3. The molecule has 2 heterocycles. The van der Waals surface area contributed by atoms with Crippen LogP contribution in [-0.4, -0.2) is 60.3 Å². The van der Waals surface area contributed by atoms with E-state index in [4.69, 9.17) is 0 Å². The van der Waals surface area contributed by atoms with Gasteiger partial charge in [-0.3, -0.25) is 10.00 Å². The number of rotatable bonds is 6. The van der Waals surface area contributed by atoms with Gasteiger partial charge in [-0.05, 0) is 25.0 Å². The van der Waals surface area contributed by atoms with Crippen molar-refractivity contribution in [1.82, 2.24) is 14.7 Å². The third-order valence-electron chi connectivity index (χ3n) is 4.42. The average Bonchev–Trinajstić information content (AvgIpc) is 3.08. The molecule has 3 rings (SSSR count). The van der Waals surface area contributed by atoms with Gasteiger partial charge in [0.25, 0.3) is 0 Å². The number of aromatic nitrogens is 2. The van der Waals surface area contributed by atoms with Gasteiger partial charge >= 0.3 is 6.03 Å². The van der Waals surface area contributed by atoms with Crippen LogP contribution in [0.2, 0.25) is 0 Å². The van der Waals surface area contributed by atoms with Crippen molar-refractivity contribution < 1.29 is 13.2 Å². The van der Waals surface area contributed by atoms with Gasteiger partial charge in [-0.2, -0.15) is 5.10 Å². The minimum Gasteiger partial charge on any atom is -0.381 e. The molecule has 2 aromatic rings. The van der Waals surface area contributed by atoms with E-state index in [9.17, 15) is 13.2 Å². The lowest BCUT2D eigenvalue weighted by Gasteiger charge is -2.33. The topological polar surface area (TPSA) is 96.3 Å². The Bertz CT molecular complexity index is 866. The normalized spacial score (nSPS) is 17.5. The first-order valence-corrected chi connectivity index (χ1v) is 11.0. The summed E-state index contributed by atoms with van der Waals surface area (Å²) >= 11 is 0. The van der Waals surface area contributed by atoms with Crippen molar-refractivity contribution in [3.8, 4) is 0 Å². The fourth-order valence-corrected chi connectivity index (χ4v) is 3.57. The second-order valence-electron chi connectivity index (χ2n) is 6.82. The molecule has 146 valence electrons. The van der Waals surface area contributed by atoms with Crippen molar-refractivity contribution in [3.63, 3.8) is 0 Å². The van der Waals surface area contributed by atoms with Crippen LogP contribution in [0, 0.1) is 0 Å². The van der Waals surface area contributed by atoms with Crippen molar-refractivity contribution in [2.45, 2.75) is 25.4 Å². The molecular formula is C18H25N5O3S. The Hall–Kier alpha value is -2.55. The lowest BCUT2D eigenvalue weighted by atomic mass is 10.1. The molecule has 1 fully saturated rings. The van der Waals surface area contributed by atoms with Crippen LogP contribution >= 0.6 is 0 Å². The van der Waals surface area contributed by atoms with Gasteiger partial charge < -0.3 is 10.2 Å². The van der Waals surface area contributed by atoms with E-state index < -0.39 is 9.84 Å². The van der Waals surface area contributed by atoms with Gasteiger partial charge in [-0.1, -0.05) is 18.2 Å². The fourth-order valence-electron chi connectivity index (χ4n) is 3.05. The van der Waals surface area contributed by atoms with Gasteiger partial charge in [-0.15, -0.1) is 0 Å². The Kier molecular flexibility index (Phi) is 6.00. The molecule has 0 radical (unpaired) electrons. The molecule has 2 amide bonds. The largest absolute Gasteiger partial charge is 0.381 e. The lowest BCUT2D eigenvalue weighted by molar-refractivity contribution is 0.196. The van der Waals surface area contributed by atoms with E-state index in [2.05, 4.69) is 15.7 Å². The number of hydrogen-bond acceptors (Lipinski definition) is 5. The molecule has 1 unspecified atom stereocenters. The summed E-state index contributed by atoms with van der Waals surface area (Å²) in [6.45, 7) is 1.59. The van der Waals surface area contributed by atoms with E-state index >= 15 is 0 Å². The SMILES string of the molecule is CS(=O)(=O)CCn1ccc(NC(=O)N2CCCC(Nc3ccccc3)C2)n1. The summed E-state index contributed by atoms with van der Waals surface area (Å²) in [5, 5.41) is 10.5. The summed E-state index contributed by atoms with van der Waals surface area (Å²) in [6, 6.07) is 11.7. The molecule has 27 heavy (non-hydrogen) atoms. The summed E-state index contributed by atoms with van der Waals surface area (Å²) in [6.07, 6.45) is 4.80. The molecule has 1 aliphatic heterocycles. The molecule has 0 spiro atoms. The first-order valence-electron chi connectivity index (χ1n) is 8.98. The van der Waals surface area contributed by atoms with E-state index in [1.54, 1.807) is 17.2 Å². The Labute approximate surface area is 159 Å². The standard InChI is InChI=1S/C18H25N5O3S/c1-27(25,26)13-12-23-11-9-17(21-23)20-18(24)22-10-5-8-16(14-22)19-15-6-3-2-4-7-15/h2-4,6-7,9,11,16,19H,5,8,10,12-14H2,1H3,(H,20,21,24). The van der Waals surface area contributed by atoms with E-state index in [1.807, 2.05) is 30.3 Å². The van der Waals surface area contributed by atoms with Gasteiger partial charge in [0, 0.05) is 43.3 Å². The van der Waals surface area contributed by atoms with Gasteiger partial charge in [0.15, 0.2) is 5.82 Å². The molecule has 1 atom stereocenters. The highest BCUT2D eigenvalue weighted by molar-refractivity contribution is 7.90. The van der Waals surface area contributed by atoms with E-state index in [-0.39, 0.29) is 24.4 Å². The number of aryl methyl sites for hydroxylation is 1. The number of amides is 2. The number of benzene rings is 1. The second-order valence-corrected chi connectivity index (χ2v) is 9.08. The highest BCUT2D eigenvalue weighted by atomic mass is 32.2. The number of hydrogen-bond donors (Lipinski definition) is 2. The average molecular weight is 391 g/mol. The monoisotopic (exact) mass is 391 g/mol. The Morgan fingerprint density at radius 3 is 2.78 bits per heavy atom. The predicted molar refractivity (Wildman–Crippen MR) is 106 cm³/mol. The predicted octanol–water partition coefficient (Wildman–Crippen LogP) is 2.04. The van der Waals surface area contributed by atoms with Gasteiger partial charge in [-0.25, -0.2) is 13.2 Å². The molecule has 1 aliphatic rings. The van der Waals surface area contributed by atoms with Crippen LogP contribution in [0.4, 0.5) is 16.3 Å². The van der Waals surface area contributed by atoms with Crippen LogP contribution in [-0.2, 0) is 16.4 Å². The Morgan fingerprint density at radius 1 is 1.26 bits per heavy atom. The maximum absolute atomic E-state index is 12.5. The van der Waals surface area contributed by atoms with E-state index in [0.717, 1.165) is 18.5 Å². The van der Waals surface area contributed by atoms with Crippen LogP contribution < -0.4 is 10.6 Å². The summed E-state index contributed by atoms with van der Waals surface area (Å²) < 4.78 is 24.0. The number of likely N-dealkylation sites (tertiary alicyclic amines) is 1. The fraction of sp³-hybridized carbons (Fsp3) is 0.444. The smallest absolute Gasteiger partial charge is 0.323 e. The molecule has 0 aliphatic carbocycles. The first kappa shape index (κ1) is 19.2. The van der Waals surface area contributed by atoms with Gasteiger partial charge in [0.1, 0.15) is 9.84 Å². The number of sulfone groups is 1. The van der Waals surface area contributed by atoms with Crippen LogP contribution in [0.5, 0.6) is 0 Å². The zero-order valence-electron chi connectivity index (χ0n) is 15.3. The van der Waals surface area contributed by atoms with Crippen molar-refractivity contribution >= 4 is 27.4 Å². The number of para-hydroxylation sites is 1. The summed E-state index contributed by atoms with van der Waals surface area (Å²) in [5.74, 6) is 0.438. The van der Waals surface area contributed by atoms with Crippen LogP contribution in [0.15, 0.2) is 42.6 Å². The maximum Gasteiger partial charge on any atom is 0.323 e. The summed E-state index contributed by atoms with van der Waals surface area (Å²) in [7, 11) is -3.05. The minimum absolute atomic E-state index is 0.0149. The number of carbonyl (C=O) groups excluding carboxylic acids is 1. The maximum atomic E-state index is 12.5. The summed E-state index contributed by atoms with van der Waals surface area (Å²) in [5.41, 5.74) is 1.05. The highest BCUT2D eigenvalue weighted by Gasteiger charge is 2.24.